The lowest BCUT2D eigenvalue weighted by Crippen LogP contribution is -2.88. The van der Waals surface area contributed by atoms with Crippen LogP contribution in [0.5, 0.6) is 5.75 Å². The molecule has 0 saturated carbocycles. The highest BCUT2D eigenvalue weighted by molar-refractivity contribution is 5.77. The molecule has 1 atom stereocenters. The van der Waals surface area contributed by atoms with E-state index in [-0.39, 0.29) is 11.7 Å². The molecule has 1 fully saturated rings. The van der Waals surface area contributed by atoms with Crippen molar-refractivity contribution in [2.24, 2.45) is 5.92 Å². The van der Waals surface area contributed by atoms with Gasteiger partial charge in [0, 0.05) is 43.3 Å². The van der Waals surface area contributed by atoms with Gasteiger partial charge in [0.25, 0.3) is 5.91 Å². The second-order valence-corrected chi connectivity index (χ2v) is 7.50. The fourth-order valence-electron chi connectivity index (χ4n) is 3.70. The minimum absolute atomic E-state index is 0.210. The van der Waals surface area contributed by atoms with E-state index in [0.29, 0.717) is 18.5 Å². The molecule has 1 amide bonds. The molecule has 0 unspecified atom stereocenters. The highest BCUT2D eigenvalue weighted by Gasteiger charge is 2.25. The van der Waals surface area contributed by atoms with Gasteiger partial charge >= 0.3 is 0 Å². The van der Waals surface area contributed by atoms with Crippen molar-refractivity contribution in [2.75, 3.05) is 37.6 Å². The minimum Gasteiger partial charge on any atom is -0.508 e. The van der Waals surface area contributed by atoms with E-state index in [4.69, 9.17) is 0 Å². The number of benzene rings is 2. The van der Waals surface area contributed by atoms with Gasteiger partial charge in [0.1, 0.15) is 11.8 Å². The third kappa shape index (κ3) is 5.01. The van der Waals surface area contributed by atoms with Crippen LogP contribution in [0.15, 0.2) is 54.6 Å². The lowest BCUT2D eigenvalue weighted by molar-refractivity contribution is -0.692. The summed E-state index contributed by atoms with van der Waals surface area (Å²) in [5.74, 6) is 0.953. The van der Waals surface area contributed by atoms with Crippen molar-refractivity contribution in [2.45, 2.75) is 19.9 Å². The Balaban J connectivity index is 1.51. The number of nitrogens with zero attached hydrogens (tertiary/aromatic N) is 2. The number of aromatic hydroxyl groups is 1. The normalized spacial score (nSPS) is 15.8. The first-order valence-corrected chi connectivity index (χ1v) is 9.74. The van der Waals surface area contributed by atoms with E-state index in [2.05, 4.69) is 48.3 Å². The van der Waals surface area contributed by atoms with E-state index in [1.54, 1.807) is 12.1 Å². The lowest BCUT2D eigenvalue weighted by Gasteiger charge is -2.36. The van der Waals surface area contributed by atoms with Crippen LogP contribution < -0.4 is 10.2 Å². The van der Waals surface area contributed by atoms with Gasteiger partial charge in [-0.25, -0.2) is 0 Å². The summed E-state index contributed by atoms with van der Waals surface area (Å²) >= 11 is 0. The summed E-state index contributed by atoms with van der Waals surface area (Å²) in [6.07, 6.45) is 0. The summed E-state index contributed by atoms with van der Waals surface area (Å²) in [6.45, 7) is 8.02. The molecule has 1 aliphatic heterocycles. The molecule has 1 aliphatic rings. The summed E-state index contributed by atoms with van der Waals surface area (Å²) < 4.78 is 0. The molecule has 2 aromatic rings. The van der Waals surface area contributed by atoms with E-state index >= 15 is 0 Å². The fraction of sp³-hybridized carbons (Fsp3) is 0.409. The second kappa shape index (κ2) is 8.91. The predicted octanol–water partition coefficient (Wildman–Crippen LogP) is 2.00. The highest BCUT2D eigenvalue weighted by atomic mass is 16.3. The van der Waals surface area contributed by atoms with Crippen LogP contribution in [-0.4, -0.2) is 48.6 Å². The molecular weight excluding hydrogens is 338 g/mol. The molecule has 1 saturated heterocycles. The van der Waals surface area contributed by atoms with Crippen LogP contribution in [0.4, 0.5) is 5.69 Å². The summed E-state index contributed by atoms with van der Waals surface area (Å²) in [5, 5.41) is 11.6. The number of anilines is 1. The van der Waals surface area contributed by atoms with Crippen molar-refractivity contribution in [3.8, 4) is 5.75 Å². The maximum Gasteiger partial charge on any atom is 0.277 e. The Hall–Kier alpha value is -2.53. The van der Waals surface area contributed by atoms with Gasteiger partial charge in [-0.3, -0.25) is 4.79 Å². The van der Waals surface area contributed by atoms with Crippen LogP contribution >= 0.6 is 0 Å². The molecule has 0 radical (unpaired) electrons. The SMILES string of the molecule is CC(C)[C@H]([NH2+]CC(=O)N1CCN(c2ccc(O)cc2)CC1)c1ccccc1. The number of phenolic OH excluding ortho intramolecular Hbond substituents is 1. The minimum atomic E-state index is 0.210. The zero-order chi connectivity index (χ0) is 19.2. The maximum atomic E-state index is 12.7. The third-order valence-electron chi connectivity index (χ3n) is 5.30. The van der Waals surface area contributed by atoms with Crippen molar-refractivity contribution in [3.63, 3.8) is 0 Å². The highest BCUT2D eigenvalue weighted by Crippen LogP contribution is 2.20. The van der Waals surface area contributed by atoms with Crippen molar-refractivity contribution in [1.82, 2.24) is 4.90 Å². The molecular formula is C22H30N3O2+. The van der Waals surface area contributed by atoms with Crippen LogP contribution in [0, 0.1) is 5.92 Å². The zero-order valence-corrected chi connectivity index (χ0v) is 16.2. The molecule has 27 heavy (non-hydrogen) atoms. The molecule has 3 N–H and O–H groups in total. The largest absolute Gasteiger partial charge is 0.508 e. The lowest BCUT2D eigenvalue weighted by atomic mass is 9.96. The summed E-state index contributed by atoms with van der Waals surface area (Å²) in [5.41, 5.74) is 2.37. The molecule has 0 aliphatic carbocycles. The third-order valence-corrected chi connectivity index (χ3v) is 5.30. The van der Waals surface area contributed by atoms with Crippen molar-refractivity contribution < 1.29 is 15.2 Å². The number of rotatable bonds is 6. The number of nitrogens with two attached hydrogens (primary N) is 1. The summed E-state index contributed by atoms with van der Waals surface area (Å²) in [6, 6.07) is 18.0. The molecule has 5 nitrogen and oxygen atoms in total. The topological polar surface area (TPSA) is 60.4 Å². The van der Waals surface area contributed by atoms with Gasteiger partial charge in [-0.05, 0) is 24.3 Å². The standard InChI is InChI=1S/C22H29N3O2/c1-17(2)22(18-6-4-3-5-7-18)23-16-21(27)25-14-12-24(13-15-25)19-8-10-20(26)11-9-19/h3-11,17,22-23,26H,12-16H2,1-2H3/p+1/t22-/m0/s1. The quantitative estimate of drug-likeness (QED) is 0.820. The van der Waals surface area contributed by atoms with Gasteiger partial charge in [-0.1, -0.05) is 44.2 Å². The first-order chi connectivity index (χ1) is 13.0. The smallest absolute Gasteiger partial charge is 0.277 e. The van der Waals surface area contributed by atoms with E-state index in [1.807, 2.05) is 23.1 Å². The summed E-state index contributed by atoms with van der Waals surface area (Å²) in [4.78, 5) is 16.9. The number of amides is 1. The Morgan fingerprint density at radius 2 is 1.63 bits per heavy atom. The van der Waals surface area contributed by atoms with Crippen LogP contribution in [0.3, 0.4) is 0 Å². The second-order valence-electron chi connectivity index (χ2n) is 7.50. The van der Waals surface area contributed by atoms with Gasteiger partial charge in [0.05, 0.1) is 0 Å². The van der Waals surface area contributed by atoms with Crippen LogP contribution in [0.25, 0.3) is 0 Å². The van der Waals surface area contributed by atoms with Crippen LogP contribution in [0.1, 0.15) is 25.5 Å². The molecule has 2 aromatic carbocycles. The molecule has 0 aromatic heterocycles. The number of hydrogen-bond acceptors (Lipinski definition) is 3. The molecule has 144 valence electrons. The van der Waals surface area contributed by atoms with E-state index in [0.717, 1.165) is 31.9 Å². The predicted molar refractivity (Wildman–Crippen MR) is 108 cm³/mol. The van der Waals surface area contributed by atoms with Crippen LogP contribution in [0.2, 0.25) is 0 Å². The number of carbonyl (C=O) groups excluding carboxylic acids is 1. The number of piperazine rings is 1. The Bertz CT molecular complexity index is 723. The van der Waals surface area contributed by atoms with Crippen LogP contribution in [-0.2, 0) is 4.79 Å². The molecule has 1 heterocycles. The van der Waals surface area contributed by atoms with Gasteiger partial charge in [0.2, 0.25) is 0 Å². The number of quaternary nitrogens is 1. The average molecular weight is 369 g/mol. The molecule has 0 bridgehead atoms. The Labute approximate surface area is 161 Å². The van der Waals surface area contributed by atoms with Gasteiger partial charge in [-0.2, -0.15) is 0 Å². The van der Waals surface area contributed by atoms with E-state index in [1.165, 1.54) is 5.56 Å². The first-order valence-electron chi connectivity index (χ1n) is 9.74. The molecule has 0 spiro atoms. The summed E-state index contributed by atoms with van der Waals surface area (Å²) in [7, 11) is 0. The molecule has 3 rings (SSSR count). The average Bonchev–Trinajstić information content (AvgIpc) is 2.69. The van der Waals surface area contributed by atoms with Crippen molar-refractivity contribution >= 4 is 11.6 Å². The number of hydrogen-bond donors (Lipinski definition) is 2. The Morgan fingerprint density at radius 1 is 1.00 bits per heavy atom. The fourth-order valence-corrected chi connectivity index (χ4v) is 3.70. The van der Waals surface area contributed by atoms with E-state index < -0.39 is 0 Å². The van der Waals surface area contributed by atoms with Gasteiger partial charge < -0.3 is 20.2 Å². The maximum absolute atomic E-state index is 12.7. The zero-order valence-electron chi connectivity index (χ0n) is 16.2. The molecule has 5 heteroatoms. The Morgan fingerprint density at radius 3 is 2.22 bits per heavy atom. The van der Waals surface area contributed by atoms with E-state index in [9.17, 15) is 9.90 Å². The van der Waals surface area contributed by atoms with Crippen molar-refractivity contribution in [3.05, 3.63) is 60.2 Å². The Kier molecular flexibility index (Phi) is 6.35. The van der Waals surface area contributed by atoms with Gasteiger partial charge in [0.15, 0.2) is 6.54 Å². The number of phenols is 1. The first kappa shape index (κ1) is 19.2. The van der Waals surface area contributed by atoms with Crippen molar-refractivity contribution in [1.29, 1.82) is 0 Å². The monoisotopic (exact) mass is 368 g/mol. The number of carbonyl (C=O) groups is 1. The van der Waals surface area contributed by atoms with Gasteiger partial charge in [-0.15, -0.1) is 0 Å².